The highest BCUT2D eigenvalue weighted by atomic mass is 19.1. The molecule has 1 aromatic carbocycles. The average Bonchev–Trinajstić information content (AvgIpc) is 2.07. The Hall–Kier alpha value is -1.45. The quantitative estimate of drug-likeness (QED) is 0.623. The Labute approximate surface area is 71.1 Å². The molecule has 0 aromatic heterocycles. The minimum atomic E-state index is -0.200. The van der Waals surface area contributed by atoms with Crippen LogP contribution < -0.4 is 5.32 Å². The van der Waals surface area contributed by atoms with Crippen LogP contribution >= 0.6 is 0 Å². The third-order valence-corrected chi connectivity index (χ3v) is 1.13. The van der Waals surface area contributed by atoms with Gasteiger partial charge in [0.2, 0.25) is 0 Å². The number of nitrogens with zero attached hydrogens (tertiary/aromatic N) is 1. The summed E-state index contributed by atoms with van der Waals surface area (Å²) in [6.45, 7) is 0. The van der Waals surface area contributed by atoms with Crippen LogP contribution in [0.4, 0.5) is 10.1 Å². The standard InChI is InChI=1S/C7H8FN.CH4N2/c1-9-7-4-2-6(8)3-5-7;1-3-2/h2-5,9H,1H3;2H,1H3. The average molecular weight is 169 g/mol. The molecule has 2 N–H and O–H groups in total. The van der Waals surface area contributed by atoms with Crippen LogP contribution in [0.15, 0.2) is 29.4 Å². The summed E-state index contributed by atoms with van der Waals surface area (Å²) in [7, 11) is 3.22. The molecular weight excluding hydrogens is 157 g/mol. The molecule has 0 unspecified atom stereocenters. The Morgan fingerprint density at radius 3 is 2.08 bits per heavy atom. The van der Waals surface area contributed by atoms with Crippen LogP contribution in [0.1, 0.15) is 0 Å². The van der Waals surface area contributed by atoms with Crippen molar-refractivity contribution in [2.45, 2.75) is 0 Å². The first kappa shape index (κ1) is 10.6. The third kappa shape index (κ3) is 4.38. The van der Waals surface area contributed by atoms with E-state index in [-0.39, 0.29) is 5.82 Å². The molecule has 1 rings (SSSR count). The van der Waals surface area contributed by atoms with E-state index in [0.29, 0.717) is 0 Å². The summed E-state index contributed by atoms with van der Waals surface area (Å²) in [6.07, 6.45) is 0. The lowest BCUT2D eigenvalue weighted by Crippen LogP contribution is -1.86. The van der Waals surface area contributed by atoms with E-state index in [4.69, 9.17) is 5.53 Å². The summed E-state index contributed by atoms with van der Waals surface area (Å²) in [5.41, 5.74) is 6.76. The zero-order valence-corrected chi connectivity index (χ0v) is 7.13. The van der Waals surface area contributed by atoms with Gasteiger partial charge >= 0.3 is 0 Å². The Morgan fingerprint density at radius 1 is 1.33 bits per heavy atom. The molecule has 3 nitrogen and oxygen atoms in total. The topological polar surface area (TPSA) is 48.2 Å². The van der Waals surface area contributed by atoms with Gasteiger partial charge in [0.25, 0.3) is 0 Å². The van der Waals surface area contributed by atoms with Crippen molar-refractivity contribution in [2.75, 3.05) is 19.4 Å². The smallest absolute Gasteiger partial charge is 0.123 e. The van der Waals surface area contributed by atoms with Crippen LogP contribution in [0.3, 0.4) is 0 Å². The van der Waals surface area contributed by atoms with Gasteiger partial charge < -0.3 is 5.32 Å². The molecule has 66 valence electrons. The molecule has 1 aromatic rings. The highest BCUT2D eigenvalue weighted by Gasteiger charge is 1.86. The molecule has 0 saturated heterocycles. The van der Waals surface area contributed by atoms with Gasteiger partial charge in [0.05, 0.1) is 0 Å². The zero-order chi connectivity index (χ0) is 9.40. The lowest BCUT2D eigenvalue weighted by Gasteiger charge is -1.95. The molecule has 0 spiro atoms. The Bertz CT molecular complexity index is 220. The second kappa shape index (κ2) is 6.27. The molecule has 4 heteroatoms. The van der Waals surface area contributed by atoms with Crippen molar-refractivity contribution in [1.29, 1.82) is 5.53 Å². The predicted molar refractivity (Wildman–Crippen MR) is 47.0 cm³/mol. The molecule has 0 aliphatic heterocycles. The van der Waals surface area contributed by atoms with Gasteiger partial charge in [0.1, 0.15) is 5.82 Å². The number of halogens is 1. The Balaban J connectivity index is 0.000000354. The molecule has 0 radical (unpaired) electrons. The first-order chi connectivity index (χ1) is 5.74. The van der Waals surface area contributed by atoms with Crippen LogP contribution in [0, 0.1) is 11.3 Å². The first-order valence-electron chi connectivity index (χ1n) is 3.43. The number of benzene rings is 1. The second-order valence-corrected chi connectivity index (χ2v) is 1.98. The van der Waals surface area contributed by atoms with Crippen molar-refractivity contribution in [2.24, 2.45) is 5.11 Å². The van der Waals surface area contributed by atoms with E-state index in [0.717, 1.165) is 5.69 Å². The van der Waals surface area contributed by atoms with E-state index in [1.165, 1.54) is 19.2 Å². The molecule has 0 aliphatic rings. The van der Waals surface area contributed by atoms with E-state index in [2.05, 4.69) is 10.4 Å². The molecule has 12 heavy (non-hydrogen) atoms. The van der Waals surface area contributed by atoms with E-state index in [1.807, 2.05) is 0 Å². The number of nitrogens with one attached hydrogen (secondary N) is 2. The van der Waals surface area contributed by atoms with E-state index in [1.54, 1.807) is 19.2 Å². The van der Waals surface area contributed by atoms with Crippen LogP contribution in [0.5, 0.6) is 0 Å². The molecule has 0 aliphatic carbocycles. The highest BCUT2D eigenvalue weighted by Crippen LogP contribution is 2.05. The maximum atomic E-state index is 12.2. The second-order valence-electron chi connectivity index (χ2n) is 1.98. The van der Waals surface area contributed by atoms with E-state index < -0.39 is 0 Å². The van der Waals surface area contributed by atoms with Crippen molar-refractivity contribution in [3.63, 3.8) is 0 Å². The number of anilines is 1. The number of hydrogen-bond acceptors (Lipinski definition) is 3. The summed E-state index contributed by atoms with van der Waals surface area (Å²) in [5.74, 6) is -0.200. The van der Waals surface area contributed by atoms with Gasteiger partial charge in [0.15, 0.2) is 0 Å². The van der Waals surface area contributed by atoms with Crippen LogP contribution in [-0.2, 0) is 0 Å². The fraction of sp³-hybridized carbons (Fsp3) is 0.250. The monoisotopic (exact) mass is 169 g/mol. The normalized spacial score (nSPS) is 7.92. The number of rotatable bonds is 1. The molecular formula is C8H12FN3. The van der Waals surface area contributed by atoms with Gasteiger partial charge in [-0.3, -0.25) is 0 Å². The van der Waals surface area contributed by atoms with E-state index >= 15 is 0 Å². The minimum absolute atomic E-state index is 0.200. The fourth-order valence-electron chi connectivity index (χ4n) is 0.617. The van der Waals surface area contributed by atoms with Crippen molar-refractivity contribution >= 4 is 5.69 Å². The van der Waals surface area contributed by atoms with Gasteiger partial charge in [-0.1, -0.05) is 0 Å². The maximum Gasteiger partial charge on any atom is 0.123 e. The van der Waals surface area contributed by atoms with E-state index in [9.17, 15) is 4.39 Å². The van der Waals surface area contributed by atoms with Crippen LogP contribution in [-0.4, -0.2) is 14.1 Å². The molecule has 0 bridgehead atoms. The summed E-state index contributed by atoms with van der Waals surface area (Å²) in [5, 5.41) is 5.64. The fourth-order valence-corrected chi connectivity index (χ4v) is 0.617. The largest absolute Gasteiger partial charge is 0.388 e. The van der Waals surface area contributed by atoms with Crippen molar-refractivity contribution in [3.05, 3.63) is 30.1 Å². The van der Waals surface area contributed by atoms with Gasteiger partial charge in [-0.25, -0.2) is 15.0 Å². The van der Waals surface area contributed by atoms with Crippen molar-refractivity contribution in [1.82, 2.24) is 0 Å². The molecule has 0 heterocycles. The SMILES string of the molecule is CN=N.CNc1ccc(F)cc1. The lowest BCUT2D eigenvalue weighted by molar-refractivity contribution is 0.628. The molecule has 0 saturated carbocycles. The Morgan fingerprint density at radius 2 is 1.75 bits per heavy atom. The maximum absolute atomic E-state index is 12.2. The Kier molecular flexibility index (Phi) is 5.51. The van der Waals surface area contributed by atoms with Crippen molar-refractivity contribution < 1.29 is 4.39 Å². The van der Waals surface area contributed by atoms with Crippen molar-refractivity contribution in [3.8, 4) is 0 Å². The minimum Gasteiger partial charge on any atom is -0.388 e. The van der Waals surface area contributed by atoms with Gasteiger partial charge in [-0.2, -0.15) is 0 Å². The molecule has 0 amide bonds. The summed E-state index contributed by atoms with van der Waals surface area (Å²) >= 11 is 0. The zero-order valence-electron chi connectivity index (χ0n) is 7.13. The molecule has 0 atom stereocenters. The third-order valence-electron chi connectivity index (χ3n) is 1.13. The van der Waals surface area contributed by atoms with Gasteiger partial charge in [-0.05, 0) is 24.3 Å². The predicted octanol–water partition coefficient (Wildman–Crippen LogP) is 2.51. The van der Waals surface area contributed by atoms with Crippen LogP contribution in [0.2, 0.25) is 0 Å². The highest BCUT2D eigenvalue weighted by molar-refractivity contribution is 5.41. The van der Waals surface area contributed by atoms with Gasteiger partial charge in [-0.15, -0.1) is 0 Å². The number of hydrogen-bond donors (Lipinski definition) is 2. The lowest BCUT2D eigenvalue weighted by atomic mass is 10.3. The summed E-state index contributed by atoms with van der Waals surface area (Å²) < 4.78 is 12.2. The van der Waals surface area contributed by atoms with Crippen LogP contribution in [0.25, 0.3) is 0 Å². The summed E-state index contributed by atoms with van der Waals surface area (Å²) in [6, 6.07) is 6.22. The first-order valence-corrected chi connectivity index (χ1v) is 3.43. The molecule has 0 fully saturated rings. The summed E-state index contributed by atoms with van der Waals surface area (Å²) in [4.78, 5) is 0. The van der Waals surface area contributed by atoms with Gasteiger partial charge in [0, 0.05) is 19.8 Å².